The number of benzene rings is 2. The number of hydrogen-bond donors (Lipinski definition) is 2. The van der Waals surface area contributed by atoms with Crippen molar-refractivity contribution in [1.82, 2.24) is 20.1 Å². The molecule has 0 spiro atoms. The van der Waals surface area contributed by atoms with Gasteiger partial charge in [0.25, 0.3) is 5.91 Å². The van der Waals surface area contributed by atoms with Crippen LogP contribution < -0.4 is 10.6 Å². The summed E-state index contributed by atoms with van der Waals surface area (Å²) in [6.07, 6.45) is 1.70. The first-order valence-corrected chi connectivity index (χ1v) is 12.3. The van der Waals surface area contributed by atoms with E-state index in [1.165, 1.54) is 17.8 Å². The topological polar surface area (TPSA) is 88.9 Å². The Balaban J connectivity index is 1.64. The third kappa shape index (κ3) is 6.62. The molecule has 0 aliphatic rings. The van der Waals surface area contributed by atoms with Crippen molar-refractivity contribution >= 4 is 52.5 Å². The Bertz CT molecular complexity index is 1200. The van der Waals surface area contributed by atoms with Crippen molar-refractivity contribution in [1.29, 1.82) is 0 Å². The number of carbonyl (C=O) groups excluding carboxylic acids is 2. The number of carbonyl (C=O) groups is 2. The molecular weight excluding hydrogens is 493 g/mol. The van der Waals surface area contributed by atoms with Crippen LogP contribution in [0.25, 0.3) is 0 Å². The minimum Gasteiger partial charge on any atom is -0.345 e. The second-order valence-electron chi connectivity index (χ2n) is 7.68. The predicted molar refractivity (Wildman–Crippen MR) is 138 cm³/mol. The number of amides is 2. The van der Waals surface area contributed by atoms with E-state index in [2.05, 4.69) is 41.3 Å². The number of thioether (sulfide) groups is 1. The third-order valence-electron chi connectivity index (χ3n) is 4.88. The van der Waals surface area contributed by atoms with Gasteiger partial charge in [0.2, 0.25) is 5.91 Å². The number of allylic oxidation sites excluding steroid dienone is 1. The SMILES string of the molecule is C=CCn1c(CNC(=O)c2ccc(Cl)cc2Cl)nnc1SCC(=O)Nc1ccccc1C(C)C. The molecule has 0 saturated carbocycles. The normalized spacial score (nSPS) is 10.9. The molecule has 0 saturated heterocycles. The van der Waals surface area contributed by atoms with Crippen LogP contribution in [-0.4, -0.2) is 32.3 Å². The zero-order chi connectivity index (χ0) is 24.7. The molecule has 10 heteroatoms. The number of aromatic nitrogens is 3. The summed E-state index contributed by atoms with van der Waals surface area (Å²) in [4.78, 5) is 25.1. The van der Waals surface area contributed by atoms with Crippen molar-refractivity contribution in [3.8, 4) is 0 Å². The summed E-state index contributed by atoms with van der Waals surface area (Å²) >= 11 is 13.3. The molecule has 1 aromatic heterocycles. The maximum absolute atomic E-state index is 12.6. The molecule has 7 nitrogen and oxygen atoms in total. The van der Waals surface area contributed by atoms with Gasteiger partial charge in [-0.3, -0.25) is 9.59 Å². The first-order valence-electron chi connectivity index (χ1n) is 10.6. The molecule has 178 valence electrons. The van der Waals surface area contributed by atoms with E-state index in [1.807, 2.05) is 24.3 Å². The molecule has 0 radical (unpaired) electrons. The first kappa shape index (κ1) is 25.8. The second-order valence-corrected chi connectivity index (χ2v) is 9.47. The molecule has 2 amide bonds. The quantitative estimate of drug-likeness (QED) is 0.271. The van der Waals surface area contributed by atoms with Gasteiger partial charge in [0.1, 0.15) is 0 Å². The van der Waals surface area contributed by atoms with E-state index in [-0.39, 0.29) is 29.1 Å². The van der Waals surface area contributed by atoms with Crippen LogP contribution in [0.3, 0.4) is 0 Å². The van der Waals surface area contributed by atoms with Gasteiger partial charge in [0.05, 0.1) is 22.9 Å². The number of halogens is 2. The van der Waals surface area contributed by atoms with E-state index in [4.69, 9.17) is 23.2 Å². The van der Waals surface area contributed by atoms with Crippen molar-refractivity contribution < 1.29 is 9.59 Å². The minimum atomic E-state index is -0.354. The van der Waals surface area contributed by atoms with Gasteiger partial charge in [-0.05, 0) is 35.7 Å². The van der Waals surface area contributed by atoms with E-state index in [0.29, 0.717) is 34.0 Å². The molecule has 0 aliphatic carbocycles. The van der Waals surface area contributed by atoms with Crippen molar-refractivity contribution in [2.45, 2.75) is 38.0 Å². The lowest BCUT2D eigenvalue weighted by Crippen LogP contribution is -2.25. The molecule has 1 heterocycles. The zero-order valence-corrected chi connectivity index (χ0v) is 21.2. The Kier molecular flexibility index (Phi) is 9.15. The number of hydrogen-bond acceptors (Lipinski definition) is 5. The summed E-state index contributed by atoms with van der Waals surface area (Å²) in [7, 11) is 0. The van der Waals surface area contributed by atoms with Gasteiger partial charge in [0.15, 0.2) is 11.0 Å². The van der Waals surface area contributed by atoms with Crippen LogP contribution in [0.5, 0.6) is 0 Å². The lowest BCUT2D eigenvalue weighted by Gasteiger charge is -2.13. The van der Waals surface area contributed by atoms with Crippen LogP contribution in [-0.2, 0) is 17.9 Å². The minimum absolute atomic E-state index is 0.132. The van der Waals surface area contributed by atoms with E-state index >= 15 is 0 Å². The average molecular weight is 518 g/mol. The summed E-state index contributed by atoms with van der Waals surface area (Å²) < 4.78 is 1.80. The van der Waals surface area contributed by atoms with E-state index < -0.39 is 0 Å². The fourth-order valence-corrected chi connectivity index (χ4v) is 4.49. The maximum Gasteiger partial charge on any atom is 0.253 e. The van der Waals surface area contributed by atoms with Crippen molar-refractivity contribution in [3.05, 3.63) is 82.1 Å². The van der Waals surface area contributed by atoms with Gasteiger partial charge in [-0.1, -0.05) is 73.1 Å². The summed E-state index contributed by atoms with van der Waals surface area (Å²) in [6.45, 7) is 8.50. The number of rotatable bonds is 10. The van der Waals surface area contributed by atoms with Crippen molar-refractivity contribution in [2.75, 3.05) is 11.1 Å². The fraction of sp³-hybridized carbons (Fsp3) is 0.250. The molecule has 2 aromatic carbocycles. The summed E-state index contributed by atoms with van der Waals surface area (Å²) in [5.41, 5.74) is 2.20. The zero-order valence-electron chi connectivity index (χ0n) is 18.8. The van der Waals surface area contributed by atoms with Crippen molar-refractivity contribution in [3.63, 3.8) is 0 Å². The smallest absolute Gasteiger partial charge is 0.253 e. The van der Waals surface area contributed by atoms with Crippen LogP contribution in [0.4, 0.5) is 5.69 Å². The van der Waals surface area contributed by atoms with Gasteiger partial charge in [-0.2, -0.15) is 0 Å². The summed E-state index contributed by atoms with van der Waals surface area (Å²) in [5, 5.41) is 15.4. The van der Waals surface area contributed by atoms with E-state index in [0.717, 1.165) is 11.3 Å². The largest absolute Gasteiger partial charge is 0.345 e. The van der Waals surface area contributed by atoms with Crippen LogP contribution >= 0.6 is 35.0 Å². The highest BCUT2D eigenvalue weighted by Crippen LogP contribution is 2.25. The summed E-state index contributed by atoms with van der Waals surface area (Å²) in [6, 6.07) is 12.4. The van der Waals surface area contributed by atoms with Gasteiger partial charge < -0.3 is 15.2 Å². The molecule has 34 heavy (non-hydrogen) atoms. The molecule has 0 bridgehead atoms. The fourth-order valence-electron chi connectivity index (χ4n) is 3.23. The van der Waals surface area contributed by atoms with Gasteiger partial charge in [-0.15, -0.1) is 16.8 Å². The number of nitrogens with one attached hydrogen (secondary N) is 2. The maximum atomic E-state index is 12.6. The van der Waals surface area contributed by atoms with Gasteiger partial charge in [-0.25, -0.2) is 0 Å². The van der Waals surface area contributed by atoms with Crippen LogP contribution in [0.2, 0.25) is 10.0 Å². The number of para-hydroxylation sites is 1. The molecule has 0 atom stereocenters. The molecule has 0 unspecified atom stereocenters. The lowest BCUT2D eigenvalue weighted by atomic mass is 10.0. The highest BCUT2D eigenvalue weighted by molar-refractivity contribution is 7.99. The second kappa shape index (κ2) is 12.1. The van der Waals surface area contributed by atoms with Crippen molar-refractivity contribution in [2.24, 2.45) is 0 Å². The van der Waals surface area contributed by atoms with E-state index in [9.17, 15) is 9.59 Å². The lowest BCUT2D eigenvalue weighted by molar-refractivity contribution is -0.113. The standard InChI is InChI=1S/C24H25Cl2N5O2S/c1-4-11-31-21(13-27-23(33)18-10-9-16(25)12-19(18)26)29-30-24(31)34-14-22(32)28-20-8-6-5-7-17(20)15(2)3/h4-10,12,15H,1,11,13-14H2,2-3H3,(H,27,33)(H,28,32). The van der Waals surface area contributed by atoms with Crippen LogP contribution in [0.15, 0.2) is 60.3 Å². The Morgan fingerprint density at radius 3 is 2.65 bits per heavy atom. The predicted octanol–water partition coefficient (Wildman–Crippen LogP) is 5.56. The molecule has 2 N–H and O–H groups in total. The average Bonchev–Trinajstić information content (AvgIpc) is 3.18. The Hall–Kier alpha value is -2.81. The molecular formula is C24H25Cl2N5O2S. The molecule has 3 rings (SSSR count). The Morgan fingerprint density at radius 2 is 1.94 bits per heavy atom. The first-order chi connectivity index (χ1) is 16.3. The monoisotopic (exact) mass is 517 g/mol. The van der Waals surface area contributed by atoms with Crippen LogP contribution in [0.1, 0.15) is 41.5 Å². The third-order valence-corrected chi connectivity index (χ3v) is 6.39. The molecule has 3 aromatic rings. The number of nitrogens with zero attached hydrogens (tertiary/aromatic N) is 3. The molecule has 0 aliphatic heterocycles. The Morgan fingerprint density at radius 1 is 1.18 bits per heavy atom. The highest BCUT2D eigenvalue weighted by Gasteiger charge is 2.17. The number of anilines is 1. The van der Waals surface area contributed by atoms with E-state index in [1.54, 1.807) is 22.8 Å². The highest BCUT2D eigenvalue weighted by atomic mass is 35.5. The van der Waals surface area contributed by atoms with Gasteiger partial charge in [0, 0.05) is 17.3 Å². The van der Waals surface area contributed by atoms with Gasteiger partial charge >= 0.3 is 0 Å². The Labute approximate surface area is 212 Å². The summed E-state index contributed by atoms with van der Waals surface area (Å²) in [5.74, 6) is 0.492. The molecule has 0 fully saturated rings. The van der Waals surface area contributed by atoms with Crippen LogP contribution in [0, 0.1) is 0 Å².